The zero-order valence-corrected chi connectivity index (χ0v) is 16.8. The first kappa shape index (κ1) is 20.2. The first-order valence-corrected chi connectivity index (χ1v) is 9.55. The summed E-state index contributed by atoms with van der Waals surface area (Å²) in [7, 11) is 1.38. The lowest BCUT2D eigenvalue weighted by molar-refractivity contribution is -0.148. The van der Waals surface area contributed by atoms with Crippen LogP contribution < -0.4 is 5.32 Å². The molecule has 2 aromatic rings. The van der Waals surface area contributed by atoms with Gasteiger partial charge in [0.15, 0.2) is 0 Å². The van der Waals surface area contributed by atoms with Crippen LogP contribution in [0, 0.1) is 6.92 Å². The minimum Gasteiger partial charge on any atom is -0.468 e. The van der Waals surface area contributed by atoms with E-state index in [2.05, 4.69) is 5.32 Å². The van der Waals surface area contributed by atoms with Crippen LogP contribution >= 0.6 is 11.6 Å². The van der Waals surface area contributed by atoms with E-state index in [1.807, 2.05) is 48.2 Å². The average molecular weight is 402 g/mol. The molecule has 0 aromatic heterocycles. The second-order valence-electron chi connectivity index (χ2n) is 6.80. The van der Waals surface area contributed by atoms with Gasteiger partial charge in [-0.3, -0.25) is 4.90 Å². The molecule has 7 heteroatoms. The Kier molecular flexibility index (Phi) is 6.54. The summed E-state index contributed by atoms with van der Waals surface area (Å²) in [4.78, 5) is 28.7. The number of nitrogens with one attached hydrogen (secondary N) is 1. The molecule has 1 atom stereocenters. The van der Waals surface area contributed by atoms with Gasteiger partial charge in [-0.1, -0.05) is 35.9 Å². The van der Waals surface area contributed by atoms with E-state index in [0.29, 0.717) is 31.2 Å². The number of rotatable bonds is 4. The molecule has 2 aromatic carbocycles. The number of aryl methyl sites for hydroxylation is 1. The molecule has 1 aliphatic rings. The van der Waals surface area contributed by atoms with E-state index in [0.717, 1.165) is 16.8 Å². The Hall–Kier alpha value is -2.57. The highest BCUT2D eigenvalue weighted by Crippen LogP contribution is 2.26. The van der Waals surface area contributed by atoms with Crippen LogP contribution in [0.25, 0.3) is 0 Å². The number of carbonyl (C=O) groups is 2. The number of carbonyl (C=O) groups excluding carboxylic acids is 2. The number of esters is 1. The molecule has 0 bridgehead atoms. The van der Waals surface area contributed by atoms with Gasteiger partial charge in [-0.2, -0.15) is 0 Å². The van der Waals surface area contributed by atoms with Gasteiger partial charge in [0.25, 0.3) is 0 Å². The first-order valence-electron chi connectivity index (χ1n) is 9.18. The third-order valence-electron chi connectivity index (χ3n) is 4.82. The van der Waals surface area contributed by atoms with Gasteiger partial charge in [0.1, 0.15) is 6.04 Å². The molecule has 0 radical (unpaired) electrons. The number of ether oxygens (including phenoxy) is 1. The number of urea groups is 1. The Bertz CT molecular complexity index is 850. The van der Waals surface area contributed by atoms with Crippen molar-refractivity contribution in [2.24, 2.45) is 0 Å². The van der Waals surface area contributed by atoms with Crippen LogP contribution in [0.3, 0.4) is 0 Å². The number of methoxy groups -OCH3 is 1. The summed E-state index contributed by atoms with van der Waals surface area (Å²) in [5, 5.41) is 3.50. The number of hydrogen-bond donors (Lipinski definition) is 1. The van der Waals surface area contributed by atoms with Gasteiger partial charge in [-0.25, -0.2) is 9.59 Å². The molecule has 1 fully saturated rings. The molecule has 2 amide bonds. The van der Waals surface area contributed by atoms with E-state index < -0.39 is 6.04 Å². The van der Waals surface area contributed by atoms with E-state index in [1.54, 1.807) is 17.0 Å². The first-order chi connectivity index (χ1) is 13.5. The van der Waals surface area contributed by atoms with Crippen LogP contribution in [0.15, 0.2) is 48.5 Å². The number of halogens is 1. The Labute approximate surface area is 170 Å². The highest BCUT2D eigenvalue weighted by Gasteiger charge is 2.32. The molecule has 28 heavy (non-hydrogen) atoms. The van der Waals surface area contributed by atoms with Crippen LogP contribution in [0.5, 0.6) is 0 Å². The SMILES string of the molecule is COC(=O)[C@@H](c1cccc(Cl)c1)N1CCN(C(=O)Nc2cccc(C)c2)CC1. The van der Waals surface area contributed by atoms with Crippen molar-refractivity contribution in [2.45, 2.75) is 13.0 Å². The van der Waals surface area contributed by atoms with Crippen molar-refractivity contribution in [3.05, 3.63) is 64.7 Å². The lowest BCUT2D eigenvalue weighted by Crippen LogP contribution is -2.52. The summed E-state index contributed by atoms with van der Waals surface area (Å²) in [5.74, 6) is -0.333. The fourth-order valence-corrected chi connectivity index (χ4v) is 3.59. The fourth-order valence-electron chi connectivity index (χ4n) is 3.39. The van der Waals surface area contributed by atoms with E-state index in [1.165, 1.54) is 7.11 Å². The van der Waals surface area contributed by atoms with Gasteiger partial charge in [0, 0.05) is 36.9 Å². The summed E-state index contributed by atoms with van der Waals surface area (Å²) < 4.78 is 5.01. The Morgan fingerprint density at radius 2 is 1.79 bits per heavy atom. The largest absolute Gasteiger partial charge is 0.468 e. The van der Waals surface area contributed by atoms with Crippen molar-refractivity contribution in [2.75, 3.05) is 38.6 Å². The maximum Gasteiger partial charge on any atom is 0.327 e. The van der Waals surface area contributed by atoms with Gasteiger partial charge in [0.05, 0.1) is 7.11 Å². The van der Waals surface area contributed by atoms with Gasteiger partial charge < -0.3 is 15.0 Å². The lowest BCUT2D eigenvalue weighted by atomic mass is 10.0. The molecule has 148 valence electrons. The molecular weight excluding hydrogens is 378 g/mol. The Morgan fingerprint density at radius 1 is 1.07 bits per heavy atom. The van der Waals surface area contributed by atoms with Crippen LogP contribution in [0.2, 0.25) is 5.02 Å². The van der Waals surface area contributed by atoms with Crippen LogP contribution in [0.1, 0.15) is 17.2 Å². The second kappa shape index (κ2) is 9.08. The Morgan fingerprint density at radius 3 is 2.43 bits per heavy atom. The lowest BCUT2D eigenvalue weighted by Gasteiger charge is -2.38. The molecule has 1 aliphatic heterocycles. The summed E-state index contributed by atoms with van der Waals surface area (Å²) in [6, 6.07) is 14.3. The monoisotopic (exact) mass is 401 g/mol. The molecule has 3 rings (SSSR count). The van der Waals surface area contributed by atoms with Crippen LogP contribution in [-0.4, -0.2) is 55.1 Å². The number of anilines is 1. The van der Waals surface area contributed by atoms with E-state index in [9.17, 15) is 9.59 Å². The normalized spacial score (nSPS) is 15.8. The topological polar surface area (TPSA) is 61.9 Å². The molecule has 1 N–H and O–H groups in total. The van der Waals surface area contributed by atoms with E-state index in [-0.39, 0.29) is 12.0 Å². The minimum atomic E-state index is -0.536. The highest BCUT2D eigenvalue weighted by atomic mass is 35.5. The summed E-state index contributed by atoms with van der Waals surface area (Å²) in [6.07, 6.45) is 0. The third kappa shape index (κ3) is 4.82. The molecule has 0 saturated carbocycles. The summed E-state index contributed by atoms with van der Waals surface area (Å²) >= 11 is 6.10. The summed E-state index contributed by atoms with van der Waals surface area (Å²) in [6.45, 7) is 4.15. The number of nitrogens with zero attached hydrogens (tertiary/aromatic N) is 2. The molecule has 0 spiro atoms. The maximum atomic E-state index is 12.5. The second-order valence-corrected chi connectivity index (χ2v) is 7.24. The van der Waals surface area contributed by atoms with E-state index in [4.69, 9.17) is 16.3 Å². The number of benzene rings is 2. The highest BCUT2D eigenvalue weighted by molar-refractivity contribution is 6.30. The third-order valence-corrected chi connectivity index (χ3v) is 5.06. The van der Waals surface area contributed by atoms with Crippen molar-refractivity contribution < 1.29 is 14.3 Å². The van der Waals surface area contributed by atoms with Gasteiger partial charge in [-0.05, 0) is 42.3 Å². The maximum absolute atomic E-state index is 12.5. The molecular formula is C21H24ClN3O3. The van der Waals surface area contributed by atoms with Crippen LogP contribution in [-0.2, 0) is 9.53 Å². The molecule has 1 heterocycles. The number of hydrogen-bond acceptors (Lipinski definition) is 4. The standard InChI is InChI=1S/C21H24ClN3O3/c1-15-5-3-8-18(13-15)23-21(27)25-11-9-24(10-12-25)19(20(26)28-2)16-6-4-7-17(22)14-16/h3-8,13-14,19H,9-12H2,1-2H3,(H,23,27)/t19-/m1/s1. The predicted molar refractivity (Wildman–Crippen MR) is 110 cm³/mol. The molecule has 0 aliphatic carbocycles. The average Bonchev–Trinajstić information content (AvgIpc) is 2.68. The molecule has 0 unspecified atom stereocenters. The zero-order valence-electron chi connectivity index (χ0n) is 16.0. The van der Waals surface area contributed by atoms with Crippen LogP contribution in [0.4, 0.5) is 10.5 Å². The van der Waals surface area contributed by atoms with E-state index >= 15 is 0 Å². The van der Waals surface area contributed by atoms with Gasteiger partial charge >= 0.3 is 12.0 Å². The predicted octanol–water partition coefficient (Wildman–Crippen LogP) is 3.71. The Balaban J connectivity index is 1.65. The number of amides is 2. The quantitative estimate of drug-likeness (QED) is 0.793. The van der Waals surface area contributed by atoms with Crippen molar-refractivity contribution in [1.82, 2.24) is 9.80 Å². The van der Waals surface area contributed by atoms with Crippen molar-refractivity contribution in [3.63, 3.8) is 0 Å². The van der Waals surface area contributed by atoms with Crippen molar-refractivity contribution in [1.29, 1.82) is 0 Å². The number of piperazine rings is 1. The van der Waals surface area contributed by atoms with Crippen molar-refractivity contribution >= 4 is 29.3 Å². The zero-order chi connectivity index (χ0) is 20.1. The smallest absolute Gasteiger partial charge is 0.327 e. The molecule has 6 nitrogen and oxygen atoms in total. The molecule has 1 saturated heterocycles. The minimum absolute atomic E-state index is 0.136. The fraction of sp³-hybridized carbons (Fsp3) is 0.333. The summed E-state index contributed by atoms with van der Waals surface area (Å²) in [5.41, 5.74) is 2.65. The van der Waals surface area contributed by atoms with Crippen molar-refractivity contribution in [3.8, 4) is 0 Å². The van der Waals surface area contributed by atoms with Gasteiger partial charge in [-0.15, -0.1) is 0 Å². The van der Waals surface area contributed by atoms with Gasteiger partial charge in [0.2, 0.25) is 0 Å².